The molecule has 0 saturated heterocycles. The molecule has 2 unspecified atom stereocenters. The first-order chi connectivity index (χ1) is 30.7. The molecule has 2 amide bonds. The molecular formula is C46H44F4N8O6. The molecule has 0 bridgehead atoms. The molecule has 2 aliphatic heterocycles. The summed E-state index contributed by atoms with van der Waals surface area (Å²) >= 11 is 0. The number of carboxylic acid groups (broad SMARTS) is 1. The second-order valence-electron chi connectivity index (χ2n) is 15.4. The van der Waals surface area contributed by atoms with Gasteiger partial charge in [-0.2, -0.15) is 0 Å². The Morgan fingerprint density at radius 3 is 1.38 bits per heavy atom. The average molecular weight is 881 g/mol. The van der Waals surface area contributed by atoms with Crippen molar-refractivity contribution in [1.82, 2.24) is 29.7 Å². The summed E-state index contributed by atoms with van der Waals surface area (Å²) in [5.74, 6) is -4.61. The summed E-state index contributed by atoms with van der Waals surface area (Å²) < 4.78 is 56.2. The van der Waals surface area contributed by atoms with Crippen LogP contribution in [-0.4, -0.2) is 78.1 Å². The second-order valence-corrected chi connectivity index (χ2v) is 15.4. The van der Waals surface area contributed by atoms with Gasteiger partial charge in [-0.15, -0.1) is 0 Å². The molecule has 4 aromatic carbocycles. The Labute approximate surface area is 364 Å². The molecule has 2 aromatic heterocycles. The summed E-state index contributed by atoms with van der Waals surface area (Å²) in [6.07, 6.45) is -6.43. The number of alkyl halides is 4. The van der Waals surface area contributed by atoms with Gasteiger partial charge in [0.1, 0.15) is 11.4 Å². The zero-order chi connectivity index (χ0) is 45.7. The van der Waals surface area contributed by atoms with Crippen molar-refractivity contribution in [2.24, 2.45) is 0 Å². The van der Waals surface area contributed by atoms with Crippen LogP contribution in [0.4, 0.5) is 29.5 Å². The number of nitrogen functional groups attached to an aromatic ring is 2. The number of carbonyl (C=O) groups is 4. The van der Waals surface area contributed by atoms with Gasteiger partial charge in [-0.05, 0) is 77.4 Å². The number of aliphatic carboxylic acids is 1. The Balaban J connectivity index is 0.000000192. The summed E-state index contributed by atoms with van der Waals surface area (Å²) in [6, 6.07) is 24.9. The quantitative estimate of drug-likeness (QED) is 0.0756. The molecule has 14 nitrogen and oxygen atoms in total. The lowest BCUT2D eigenvalue weighted by Gasteiger charge is -2.19. The van der Waals surface area contributed by atoms with E-state index >= 15 is 0 Å². The fourth-order valence-electron chi connectivity index (χ4n) is 8.02. The van der Waals surface area contributed by atoms with Gasteiger partial charge in [0.15, 0.2) is 0 Å². The third-order valence-corrected chi connectivity index (χ3v) is 11.2. The Hall–Kier alpha value is -7.24. The number of rotatable bonds is 13. The Kier molecular flexibility index (Phi) is 13.6. The molecule has 18 heteroatoms. The fourth-order valence-corrected chi connectivity index (χ4v) is 8.02. The minimum atomic E-state index is -2.60. The van der Waals surface area contributed by atoms with Gasteiger partial charge in [-0.1, -0.05) is 60.7 Å². The van der Waals surface area contributed by atoms with Crippen molar-refractivity contribution < 1.29 is 46.6 Å². The topological polar surface area (TPSA) is 208 Å². The molecule has 0 aliphatic carbocycles. The number of amides is 2. The van der Waals surface area contributed by atoms with E-state index < -0.39 is 49.5 Å². The van der Waals surface area contributed by atoms with E-state index in [-0.39, 0.29) is 54.5 Å². The first-order valence-corrected chi connectivity index (χ1v) is 20.5. The predicted molar refractivity (Wildman–Crippen MR) is 228 cm³/mol. The van der Waals surface area contributed by atoms with Crippen LogP contribution in [0.25, 0.3) is 21.8 Å². The second kappa shape index (κ2) is 19.4. The van der Waals surface area contributed by atoms with Crippen molar-refractivity contribution in [3.8, 4) is 0 Å². The first kappa shape index (κ1) is 44.8. The monoisotopic (exact) mass is 880 g/mol. The van der Waals surface area contributed by atoms with Crippen LogP contribution < -0.4 is 11.5 Å². The molecule has 0 radical (unpaired) electrons. The van der Waals surface area contributed by atoms with E-state index in [2.05, 4.69) is 19.9 Å². The number of fused-ring (bicyclic) bond motifs is 4. The smallest absolute Gasteiger partial charge is 0.313 e. The molecule has 8 rings (SSSR count). The number of ether oxygens (including phenoxy) is 1. The average Bonchev–Trinajstić information content (AvgIpc) is 3.91. The van der Waals surface area contributed by atoms with Crippen molar-refractivity contribution in [2.45, 2.75) is 83.5 Å². The van der Waals surface area contributed by atoms with Gasteiger partial charge in [0.05, 0.1) is 29.5 Å². The molecule has 0 spiro atoms. The van der Waals surface area contributed by atoms with Crippen LogP contribution in [0.1, 0.15) is 98.8 Å². The van der Waals surface area contributed by atoms with Gasteiger partial charge in [0.2, 0.25) is 24.7 Å². The molecule has 64 heavy (non-hydrogen) atoms. The van der Waals surface area contributed by atoms with Crippen LogP contribution in [0.2, 0.25) is 0 Å². The van der Waals surface area contributed by atoms with Crippen LogP contribution in [0.3, 0.4) is 0 Å². The zero-order valence-electron chi connectivity index (χ0n) is 34.6. The van der Waals surface area contributed by atoms with E-state index in [1.165, 1.54) is 18.2 Å². The molecule has 5 N–H and O–H groups in total. The van der Waals surface area contributed by atoms with Gasteiger partial charge in [-0.25, -0.2) is 37.5 Å². The lowest BCUT2D eigenvalue weighted by Crippen LogP contribution is -2.27. The SMILES string of the molecule is CCOC(=O)C(CCC(F)F)c1ccc2nc(N)nc(C(=O)N3Cc4ccccc4C3)c2c1.Nc1nc(C(=O)N2Cc3ccccc3C2)c2cc(C(CCC(F)F)C(=O)O)ccc2n1. The number of esters is 1. The van der Waals surface area contributed by atoms with Crippen LogP contribution in [0, 0.1) is 0 Å². The lowest BCUT2D eigenvalue weighted by molar-refractivity contribution is -0.145. The highest BCUT2D eigenvalue weighted by Crippen LogP contribution is 2.33. The van der Waals surface area contributed by atoms with Crippen molar-refractivity contribution >= 4 is 57.5 Å². The first-order valence-electron chi connectivity index (χ1n) is 20.5. The van der Waals surface area contributed by atoms with E-state index in [1.54, 1.807) is 34.9 Å². The molecular weight excluding hydrogens is 837 g/mol. The minimum Gasteiger partial charge on any atom is -0.481 e. The lowest BCUT2D eigenvalue weighted by atomic mass is 9.92. The molecule has 0 saturated carbocycles. The predicted octanol–water partition coefficient (Wildman–Crippen LogP) is 7.64. The largest absolute Gasteiger partial charge is 0.481 e. The standard InChI is InChI=1S/C24H24F2N4O3.C22H20F2N4O3/c1-2-33-23(32)17(8-10-20(25)26)14-7-9-19-18(11-14)21(29-24(27)28-19)22(31)30-12-15-5-3-4-6-16(15)13-30;23-18(24)8-6-15(21(30)31)12-5-7-17-16(9-12)19(27-22(25)26-17)20(29)28-10-13-3-1-2-4-14(13)11-28/h3-7,9,11,17,20H,2,8,10,12-13H2,1H3,(H2,27,28,29);1-5,7,9,15,18H,6,8,10-11H2,(H,30,31)(H2,25,26,27). The van der Waals surface area contributed by atoms with Crippen LogP contribution in [0.5, 0.6) is 0 Å². The number of carboxylic acids is 1. The maximum atomic E-state index is 13.4. The number of halogens is 4. The molecule has 2 atom stereocenters. The molecule has 6 aromatic rings. The van der Waals surface area contributed by atoms with Gasteiger partial charge in [0, 0.05) is 49.8 Å². The van der Waals surface area contributed by atoms with E-state index in [9.17, 15) is 41.8 Å². The summed E-state index contributed by atoms with van der Waals surface area (Å²) in [4.78, 5) is 70.8. The summed E-state index contributed by atoms with van der Waals surface area (Å²) in [7, 11) is 0. The van der Waals surface area contributed by atoms with E-state index in [1.807, 2.05) is 48.5 Å². The highest BCUT2D eigenvalue weighted by atomic mass is 19.3. The van der Waals surface area contributed by atoms with Gasteiger partial charge >= 0.3 is 11.9 Å². The molecule has 2 aliphatic rings. The van der Waals surface area contributed by atoms with Crippen LogP contribution in [-0.2, 0) is 40.5 Å². The zero-order valence-corrected chi connectivity index (χ0v) is 34.6. The maximum absolute atomic E-state index is 13.4. The Morgan fingerprint density at radius 1 is 0.609 bits per heavy atom. The van der Waals surface area contributed by atoms with E-state index in [0.29, 0.717) is 59.1 Å². The van der Waals surface area contributed by atoms with Crippen molar-refractivity contribution in [2.75, 3.05) is 18.1 Å². The van der Waals surface area contributed by atoms with Crippen LogP contribution >= 0.6 is 0 Å². The number of nitrogens with two attached hydrogens (primary N) is 2. The van der Waals surface area contributed by atoms with Crippen molar-refractivity contribution in [3.63, 3.8) is 0 Å². The van der Waals surface area contributed by atoms with Crippen molar-refractivity contribution in [1.29, 1.82) is 0 Å². The summed E-state index contributed by atoms with van der Waals surface area (Å²) in [5, 5.41) is 10.3. The highest BCUT2D eigenvalue weighted by molar-refractivity contribution is 6.06. The van der Waals surface area contributed by atoms with Gasteiger partial charge in [-0.3, -0.25) is 19.2 Å². The van der Waals surface area contributed by atoms with Crippen molar-refractivity contribution in [3.05, 3.63) is 130 Å². The highest BCUT2D eigenvalue weighted by Gasteiger charge is 2.31. The number of hydrogen-bond acceptors (Lipinski definition) is 11. The number of nitrogens with zero attached hydrogens (tertiary/aromatic N) is 6. The maximum Gasteiger partial charge on any atom is 0.313 e. The number of anilines is 2. The van der Waals surface area contributed by atoms with Gasteiger partial charge in [0.25, 0.3) is 11.8 Å². The number of aromatic nitrogens is 4. The van der Waals surface area contributed by atoms with Gasteiger partial charge < -0.3 is 31.1 Å². The summed E-state index contributed by atoms with van der Waals surface area (Å²) in [6.45, 7) is 3.53. The minimum absolute atomic E-state index is 0.0463. The fraction of sp³-hybridized carbons (Fsp3) is 0.304. The third-order valence-electron chi connectivity index (χ3n) is 11.2. The van der Waals surface area contributed by atoms with E-state index in [0.717, 1.165) is 22.3 Å². The Morgan fingerprint density at radius 2 is 1.00 bits per heavy atom. The van der Waals surface area contributed by atoms with E-state index in [4.69, 9.17) is 16.2 Å². The molecule has 0 fully saturated rings. The number of benzene rings is 4. The Bertz CT molecular complexity index is 2690. The molecule has 332 valence electrons. The number of carbonyl (C=O) groups excluding carboxylic acids is 3. The third kappa shape index (κ3) is 10.0. The molecule has 4 heterocycles. The number of hydrogen-bond donors (Lipinski definition) is 3. The van der Waals surface area contributed by atoms with Crippen LogP contribution in [0.15, 0.2) is 84.9 Å². The normalized spacial score (nSPS) is 14.0. The summed E-state index contributed by atoms with van der Waals surface area (Å²) in [5.41, 5.74) is 17.6.